The number of sulfone groups is 1. The summed E-state index contributed by atoms with van der Waals surface area (Å²) in [4.78, 5) is 23.6. The van der Waals surface area contributed by atoms with E-state index in [0.29, 0.717) is 22.8 Å². The number of carbonyl (C=O) groups is 2. The van der Waals surface area contributed by atoms with E-state index in [1.807, 2.05) is 0 Å². The van der Waals surface area contributed by atoms with Gasteiger partial charge in [-0.15, -0.1) is 0 Å². The maximum atomic E-state index is 12.6. The molecule has 2 aromatic rings. The van der Waals surface area contributed by atoms with Crippen LogP contribution in [-0.2, 0) is 21.1 Å². The van der Waals surface area contributed by atoms with Crippen LogP contribution in [-0.4, -0.2) is 36.8 Å². The van der Waals surface area contributed by atoms with E-state index in [-0.39, 0.29) is 16.9 Å². The number of benzene rings is 2. The Morgan fingerprint density at radius 2 is 1.85 bits per heavy atom. The fraction of sp³-hybridized carbons (Fsp3) is 0.222. The molecule has 2 aromatic carbocycles. The number of carbonyl (C=O) groups excluding carboxylic acids is 1. The SMILES string of the molecule is NC(C(=O)c1ccc2c(c1)CCC(C(=O)O)O2)S(=O)(=O)c1ccc(Cl)cc1. The Morgan fingerprint density at radius 1 is 1.19 bits per heavy atom. The number of ketones is 1. The van der Waals surface area contributed by atoms with Gasteiger partial charge in [-0.05, 0) is 60.9 Å². The summed E-state index contributed by atoms with van der Waals surface area (Å²) in [5, 5.41) is 7.62. The summed E-state index contributed by atoms with van der Waals surface area (Å²) < 4.78 is 30.5. The first kappa shape index (κ1) is 19.3. The molecule has 0 aliphatic carbocycles. The smallest absolute Gasteiger partial charge is 0.344 e. The molecule has 0 saturated heterocycles. The third-order valence-electron chi connectivity index (χ3n) is 4.30. The van der Waals surface area contributed by atoms with Crippen LogP contribution in [0.25, 0.3) is 0 Å². The number of rotatable bonds is 5. The highest BCUT2D eigenvalue weighted by molar-refractivity contribution is 7.92. The van der Waals surface area contributed by atoms with Crippen molar-refractivity contribution < 1.29 is 27.9 Å². The predicted octanol–water partition coefficient (Wildman–Crippen LogP) is 2.06. The van der Waals surface area contributed by atoms with Crippen molar-refractivity contribution in [2.75, 3.05) is 0 Å². The van der Waals surface area contributed by atoms with Crippen LogP contribution < -0.4 is 10.5 Å². The standard InChI is InChI=1S/C18H16ClNO6S/c19-12-3-5-13(6-4-12)27(24,25)17(20)16(21)11-2-7-14-10(9-11)1-8-15(26-14)18(22)23/h2-7,9,15,17H,1,8,20H2,(H,22,23). The number of halogens is 1. The molecule has 9 heteroatoms. The Labute approximate surface area is 160 Å². The number of aliphatic carboxylic acids is 1. The molecule has 1 aliphatic rings. The summed E-state index contributed by atoms with van der Waals surface area (Å²) in [5.41, 5.74) is 6.51. The third kappa shape index (κ3) is 3.83. The minimum Gasteiger partial charge on any atom is -0.479 e. The second kappa shape index (κ2) is 7.30. The van der Waals surface area contributed by atoms with Gasteiger partial charge in [0.1, 0.15) is 5.75 Å². The lowest BCUT2D eigenvalue weighted by atomic mass is 9.98. The summed E-state index contributed by atoms with van der Waals surface area (Å²) in [6.45, 7) is 0. The maximum absolute atomic E-state index is 12.6. The highest BCUT2D eigenvalue weighted by Crippen LogP contribution is 2.29. The van der Waals surface area contributed by atoms with Crippen molar-refractivity contribution in [2.24, 2.45) is 5.73 Å². The zero-order valence-electron chi connectivity index (χ0n) is 14.0. The Hall–Kier alpha value is -2.42. The molecular formula is C18H16ClNO6S. The molecule has 1 heterocycles. The predicted molar refractivity (Wildman–Crippen MR) is 97.8 cm³/mol. The van der Waals surface area contributed by atoms with E-state index in [4.69, 9.17) is 27.2 Å². The van der Waals surface area contributed by atoms with Gasteiger partial charge in [0.05, 0.1) is 4.90 Å². The first-order chi connectivity index (χ1) is 12.7. The van der Waals surface area contributed by atoms with Gasteiger partial charge in [-0.25, -0.2) is 13.2 Å². The van der Waals surface area contributed by atoms with Gasteiger partial charge in [-0.1, -0.05) is 11.6 Å². The first-order valence-electron chi connectivity index (χ1n) is 8.02. The van der Waals surface area contributed by atoms with Gasteiger partial charge >= 0.3 is 5.97 Å². The molecule has 0 fully saturated rings. The van der Waals surface area contributed by atoms with Gasteiger partial charge in [0.2, 0.25) is 9.84 Å². The lowest BCUT2D eigenvalue weighted by Crippen LogP contribution is -2.39. The largest absolute Gasteiger partial charge is 0.479 e. The molecule has 1 aliphatic heterocycles. The normalized spacial score (nSPS) is 17.5. The van der Waals surface area contributed by atoms with Gasteiger partial charge in [0.15, 0.2) is 17.3 Å². The van der Waals surface area contributed by atoms with Crippen LogP contribution in [0.1, 0.15) is 22.3 Å². The number of carboxylic acids is 1. The Balaban J connectivity index is 1.85. The van der Waals surface area contributed by atoms with E-state index >= 15 is 0 Å². The molecule has 0 saturated carbocycles. The van der Waals surface area contributed by atoms with Crippen molar-refractivity contribution in [1.82, 2.24) is 0 Å². The minimum absolute atomic E-state index is 0.0988. The molecule has 0 bridgehead atoms. The maximum Gasteiger partial charge on any atom is 0.344 e. The summed E-state index contributed by atoms with van der Waals surface area (Å²) in [5.74, 6) is -1.45. The van der Waals surface area contributed by atoms with Crippen molar-refractivity contribution >= 4 is 33.2 Å². The fourth-order valence-corrected chi connectivity index (χ4v) is 4.14. The number of carboxylic acid groups (broad SMARTS) is 1. The van der Waals surface area contributed by atoms with Crippen molar-refractivity contribution in [3.63, 3.8) is 0 Å². The second-order valence-corrected chi connectivity index (χ2v) is 8.60. The molecule has 0 aromatic heterocycles. The van der Waals surface area contributed by atoms with Gasteiger partial charge in [0.25, 0.3) is 0 Å². The first-order valence-corrected chi connectivity index (χ1v) is 9.94. The van der Waals surface area contributed by atoms with Gasteiger partial charge in [-0.2, -0.15) is 0 Å². The zero-order chi connectivity index (χ0) is 19.8. The van der Waals surface area contributed by atoms with Crippen LogP contribution in [0.15, 0.2) is 47.4 Å². The zero-order valence-corrected chi connectivity index (χ0v) is 15.5. The van der Waals surface area contributed by atoms with Crippen molar-refractivity contribution in [3.05, 3.63) is 58.6 Å². The average molecular weight is 410 g/mol. The van der Waals surface area contributed by atoms with Crippen LogP contribution in [0.5, 0.6) is 5.75 Å². The van der Waals surface area contributed by atoms with Crippen LogP contribution in [0, 0.1) is 0 Å². The Morgan fingerprint density at radius 3 is 2.48 bits per heavy atom. The molecule has 3 rings (SSSR count). The number of hydrogen-bond donors (Lipinski definition) is 2. The van der Waals surface area contributed by atoms with Crippen molar-refractivity contribution in [1.29, 1.82) is 0 Å². The van der Waals surface area contributed by atoms with Gasteiger partial charge in [-0.3, -0.25) is 4.79 Å². The number of Topliss-reactive ketones (excluding diaryl/α,β-unsaturated/α-hetero) is 1. The molecule has 27 heavy (non-hydrogen) atoms. The van der Waals surface area contributed by atoms with E-state index in [2.05, 4.69) is 0 Å². The lowest BCUT2D eigenvalue weighted by molar-refractivity contribution is -0.145. The van der Waals surface area contributed by atoms with Gasteiger partial charge in [0, 0.05) is 10.6 Å². The Bertz CT molecular complexity index is 1000. The van der Waals surface area contributed by atoms with E-state index < -0.39 is 33.1 Å². The Kier molecular flexibility index (Phi) is 5.23. The molecule has 7 nitrogen and oxygen atoms in total. The second-order valence-electron chi connectivity index (χ2n) is 6.09. The molecule has 142 valence electrons. The highest BCUT2D eigenvalue weighted by Gasteiger charge is 2.32. The van der Waals surface area contributed by atoms with Crippen LogP contribution in [0.3, 0.4) is 0 Å². The highest BCUT2D eigenvalue weighted by atomic mass is 35.5. The molecule has 2 atom stereocenters. The molecule has 2 unspecified atom stereocenters. The topological polar surface area (TPSA) is 124 Å². The number of ether oxygens (including phenoxy) is 1. The summed E-state index contributed by atoms with van der Waals surface area (Å²) in [7, 11) is -4.08. The summed E-state index contributed by atoms with van der Waals surface area (Å²) >= 11 is 5.76. The lowest BCUT2D eigenvalue weighted by Gasteiger charge is -2.23. The quantitative estimate of drug-likeness (QED) is 0.724. The van der Waals surface area contributed by atoms with Crippen LogP contribution in [0.2, 0.25) is 5.02 Å². The monoisotopic (exact) mass is 409 g/mol. The van der Waals surface area contributed by atoms with E-state index in [0.717, 1.165) is 0 Å². The average Bonchev–Trinajstić information content (AvgIpc) is 2.66. The van der Waals surface area contributed by atoms with Gasteiger partial charge < -0.3 is 15.6 Å². The molecule has 0 radical (unpaired) electrons. The molecule has 3 N–H and O–H groups in total. The van der Waals surface area contributed by atoms with E-state index in [1.54, 1.807) is 0 Å². The van der Waals surface area contributed by atoms with E-state index in [9.17, 15) is 18.0 Å². The van der Waals surface area contributed by atoms with Crippen molar-refractivity contribution in [2.45, 2.75) is 29.2 Å². The number of hydrogen-bond acceptors (Lipinski definition) is 6. The fourth-order valence-electron chi connectivity index (χ4n) is 2.79. The number of fused-ring (bicyclic) bond motifs is 1. The number of aryl methyl sites for hydroxylation is 1. The summed E-state index contributed by atoms with van der Waals surface area (Å²) in [6, 6.07) is 9.71. The molecule has 0 amide bonds. The third-order valence-corrected chi connectivity index (χ3v) is 6.36. The summed E-state index contributed by atoms with van der Waals surface area (Å²) in [6.07, 6.45) is -0.284. The minimum atomic E-state index is -4.08. The molecular weight excluding hydrogens is 394 g/mol. The number of nitrogens with two attached hydrogens (primary N) is 1. The van der Waals surface area contributed by atoms with Crippen molar-refractivity contribution in [3.8, 4) is 5.75 Å². The van der Waals surface area contributed by atoms with Crippen LogP contribution in [0.4, 0.5) is 0 Å². The van der Waals surface area contributed by atoms with Crippen LogP contribution >= 0.6 is 11.6 Å². The molecule has 0 spiro atoms. The van der Waals surface area contributed by atoms with E-state index in [1.165, 1.54) is 42.5 Å².